The van der Waals surface area contributed by atoms with Crippen molar-refractivity contribution < 1.29 is 9.53 Å². The van der Waals surface area contributed by atoms with Crippen LogP contribution >= 0.6 is 0 Å². The lowest BCUT2D eigenvalue weighted by molar-refractivity contribution is 0.141. The van der Waals surface area contributed by atoms with Crippen LogP contribution in [0, 0.1) is 6.92 Å². The number of nitrogen functional groups attached to an aromatic ring is 1. The van der Waals surface area contributed by atoms with Crippen molar-refractivity contribution in [3.63, 3.8) is 0 Å². The highest BCUT2D eigenvalue weighted by atomic mass is 16.5. The molecular weight excluding hydrogens is 276 g/mol. The summed E-state index contributed by atoms with van der Waals surface area (Å²) in [5, 5.41) is 2.68. The van der Waals surface area contributed by atoms with Gasteiger partial charge in [-0.1, -0.05) is 54.6 Å². The molecule has 0 saturated heterocycles. The average molecular weight is 296 g/mol. The fraction of sp³-hybridized carbons (Fsp3) is 0.167. The van der Waals surface area contributed by atoms with Crippen molar-refractivity contribution >= 4 is 17.9 Å². The van der Waals surface area contributed by atoms with Gasteiger partial charge in [-0.25, -0.2) is 4.79 Å². The van der Waals surface area contributed by atoms with Crippen LogP contribution in [0.1, 0.15) is 16.7 Å². The standard InChI is InChI=1S/C18H20N2O2/c1-14-16(9-5-11-17(14)19)10-6-12-20-18(21)22-13-15-7-3-2-4-8-15/h2-11H,12-13,19H2,1H3,(H,20,21). The SMILES string of the molecule is Cc1c(N)cccc1C=CCNC(=O)OCc1ccccc1. The van der Waals surface area contributed by atoms with E-state index in [0.717, 1.165) is 22.4 Å². The number of benzene rings is 2. The number of hydrogen-bond donors (Lipinski definition) is 2. The van der Waals surface area contributed by atoms with Gasteiger partial charge in [0.1, 0.15) is 6.61 Å². The molecule has 0 heterocycles. The third-order valence-corrected chi connectivity index (χ3v) is 3.29. The van der Waals surface area contributed by atoms with E-state index < -0.39 is 6.09 Å². The molecule has 0 aliphatic rings. The van der Waals surface area contributed by atoms with Gasteiger partial charge < -0.3 is 15.8 Å². The van der Waals surface area contributed by atoms with Gasteiger partial charge in [0.25, 0.3) is 0 Å². The minimum atomic E-state index is -0.433. The zero-order valence-electron chi connectivity index (χ0n) is 12.6. The summed E-state index contributed by atoms with van der Waals surface area (Å²) in [4.78, 5) is 11.6. The second kappa shape index (κ2) is 7.88. The summed E-state index contributed by atoms with van der Waals surface area (Å²) in [6.45, 7) is 2.64. The van der Waals surface area contributed by atoms with Gasteiger partial charge in [0.2, 0.25) is 0 Å². The highest BCUT2D eigenvalue weighted by Crippen LogP contribution is 2.16. The topological polar surface area (TPSA) is 64.3 Å². The predicted octanol–water partition coefficient (Wildman–Crippen LogP) is 3.52. The minimum absolute atomic E-state index is 0.269. The molecule has 0 fully saturated rings. The smallest absolute Gasteiger partial charge is 0.407 e. The summed E-state index contributed by atoms with van der Waals surface area (Å²) in [6.07, 6.45) is 3.37. The Balaban J connectivity index is 1.75. The molecule has 0 radical (unpaired) electrons. The van der Waals surface area contributed by atoms with Crippen molar-refractivity contribution in [1.29, 1.82) is 0 Å². The van der Waals surface area contributed by atoms with Crippen molar-refractivity contribution in [2.24, 2.45) is 0 Å². The Morgan fingerprint density at radius 2 is 1.95 bits per heavy atom. The fourth-order valence-corrected chi connectivity index (χ4v) is 1.95. The van der Waals surface area contributed by atoms with E-state index in [1.54, 1.807) is 0 Å². The number of amides is 1. The second-order valence-corrected chi connectivity index (χ2v) is 4.91. The number of hydrogen-bond acceptors (Lipinski definition) is 3. The third kappa shape index (κ3) is 4.66. The van der Waals surface area contributed by atoms with Crippen molar-refractivity contribution in [1.82, 2.24) is 5.32 Å². The number of nitrogens with one attached hydrogen (secondary N) is 1. The Bertz CT molecular complexity index is 651. The lowest BCUT2D eigenvalue weighted by Crippen LogP contribution is -2.24. The fourth-order valence-electron chi connectivity index (χ4n) is 1.95. The van der Waals surface area contributed by atoms with Crippen molar-refractivity contribution in [2.75, 3.05) is 12.3 Å². The summed E-state index contributed by atoms with van der Waals surface area (Å²) < 4.78 is 5.12. The molecule has 2 aromatic rings. The highest BCUT2D eigenvalue weighted by molar-refractivity contribution is 5.68. The quantitative estimate of drug-likeness (QED) is 0.830. The molecule has 0 aliphatic carbocycles. The van der Waals surface area contributed by atoms with Crippen LogP contribution in [-0.2, 0) is 11.3 Å². The molecule has 2 aromatic carbocycles. The van der Waals surface area contributed by atoms with Crippen molar-refractivity contribution in [3.8, 4) is 0 Å². The van der Waals surface area contributed by atoms with E-state index in [1.807, 2.05) is 67.6 Å². The van der Waals surface area contributed by atoms with Gasteiger partial charge in [-0.05, 0) is 29.7 Å². The van der Waals surface area contributed by atoms with E-state index in [4.69, 9.17) is 10.5 Å². The number of nitrogens with two attached hydrogens (primary N) is 1. The van der Waals surface area contributed by atoms with Gasteiger partial charge in [0.05, 0.1) is 0 Å². The third-order valence-electron chi connectivity index (χ3n) is 3.29. The van der Waals surface area contributed by atoms with Gasteiger partial charge in [-0.3, -0.25) is 0 Å². The normalized spacial score (nSPS) is 10.6. The maximum atomic E-state index is 11.6. The zero-order chi connectivity index (χ0) is 15.8. The summed E-state index contributed by atoms with van der Waals surface area (Å²) in [7, 11) is 0. The van der Waals surface area contributed by atoms with Crippen LogP contribution < -0.4 is 11.1 Å². The van der Waals surface area contributed by atoms with Gasteiger partial charge in [0.15, 0.2) is 0 Å². The monoisotopic (exact) mass is 296 g/mol. The van der Waals surface area contributed by atoms with E-state index in [0.29, 0.717) is 6.54 Å². The molecule has 0 spiro atoms. The Labute approximate surface area is 130 Å². The molecule has 0 bridgehead atoms. The molecule has 114 valence electrons. The van der Waals surface area contributed by atoms with Gasteiger partial charge in [-0.2, -0.15) is 0 Å². The lowest BCUT2D eigenvalue weighted by Gasteiger charge is -2.06. The molecule has 2 rings (SSSR count). The van der Waals surface area contributed by atoms with Crippen molar-refractivity contribution in [3.05, 3.63) is 71.3 Å². The maximum absolute atomic E-state index is 11.6. The molecule has 22 heavy (non-hydrogen) atoms. The van der Waals surface area contributed by atoms with E-state index in [1.165, 1.54) is 0 Å². The van der Waals surface area contributed by atoms with E-state index in [-0.39, 0.29) is 6.61 Å². The Hall–Kier alpha value is -2.75. The summed E-state index contributed by atoms with van der Waals surface area (Å²) in [6, 6.07) is 15.3. The van der Waals surface area contributed by atoms with Crippen LogP contribution in [0.15, 0.2) is 54.6 Å². The van der Waals surface area contributed by atoms with E-state index in [9.17, 15) is 4.79 Å². The Kier molecular flexibility index (Phi) is 5.60. The molecule has 0 aliphatic heterocycles. The number of carbonyl (C=O) groups is 1. The van der Waals surface area contributed by atoms with Crippen LogP contribution in [0.3, 0.4) is 0 Å². The van der Waals surface area contributed by atoms with Crippen LogP contribution in [0.25, 0.3) is 6.08 Å². The predicted molar refractivity (Wildman–Crippen MR) is 89.3 cm³/mol. The van der Waals surface area contributed by atoms with Crippen molar-refractivity contribution in [2.45, 2.75) is 13.5 Å². The molecule has 1 amide bonds. The maximum Gasteiger partial charge on any atom is 0.407 e. The average Bonchev–Trinajstić information content (AvgIpc) is 2.54. The first-order valence-electron chi connectivity index (χ1n) is 7.13. The van der Waals surface area contributed by atoms with E-state index in [2.05, 4.69) is 5.32 Å². The molecule has 0 atom stereocenters. The molecule has 4 heteroatoms. The van der Waals surface area contributed by atoms with Gasteiger partial charge in [-0.15, -0.1) is 0 Å². The molecule has 0 unspecified atom stereocenters. The molecule has 0 saturated carbocycles. The summed E-state index contributed by atoms with van der Waals surface area (Å²) in [5.74, 6) is 0. The number of anilines is 1. The molecule has 3 N–H and O–H groups in total. The van der Waals surface area contributed by atoms with Crippen LogP contribution in [0.2, 0.25) is 0 Å². The highest BCUT2D eigenvalue weighted by Gasteiger charge is 2.00. The largest absolute Gasteiger partial charge is 0.445 e. The summed E-state index contributed by atoms with van der Waals surface area (Å²) in [5.41, 5.74) is 9.64. The van der Waals surface area contributed by atoms with E-state index >= 15 is 0 Å². The molecular formula is C18H20N2O2. The number of carbonyl (C=O) groups excluding carboxylic acids is 1. The Morgan fingerprint density at radius 3 is 2.73 bits per heavy atom. The number of rotatable bonds is 5. The first-order valence-corrected chi connectivity index (χ1v) is 7.13. The number of alkyl carbamates (subject to hydrolysis) is 1. The van der Waals surface area contributed by atoms with Gasteiger partial charge >= 0.3 is 6.09 Å². The molecule has 0 aromatic heterocycles. The van der Waals surface area contributed by atoms with Crippen LogP contribution in [0.4, 0.5) is 10.5 Å². The second-order valence-electron chi connectivity index (χ2n) is 4.91. The zero-order valence-corrected chi connectivity index (χ0v) is 12.6. The minimum Gasteiger partial charge on any atom is -0.445 e. The Morgan fingerprint density at radius 1 is 1.18 bits per heavy atom. The van der Waals surface area contributed by atoms with Crippen LogP contribution in [0.5, 0.6) is 0 Å². The first-order chi connectivity index (χ1) is 10.7. The summed E-state index contributed by atoms with van der Waals surface area (Å²) >= 11 is 0. The van der Waals surface area contributed by atoms with Gasteiger partial charge in [0, 0.05) is 12.2 Å². The first kappa shape index (κ1) is 15.6. The van der Waals surface area contributed by atoms with Crippen LogP contribution in [-0.4, -0.2) is 12.6 Å². The number of ether oxygens (including phenoxy) is 1. The molecule has 4 nitrogen and oxygen atoms in total. The lowest BCUT2D eigenvalue weighted by atomic mass is 10.1.